The number of carbonyl (C=O) groups is 1. The summed E-state index contributed by atoms with van der Waals surface area (Å²) in [6.07, 6.45) is 6.41. The van der Waals surface area contributed by atoms with E-state index in [-0.39, 0.29) is 5.91 Å². The van der Waals surface area contributed by atoms with Crippen LogP contribution in [0.1, 0.15) is 36.8 Å². The van der Waals surface area contributed by atoms with Crippen LogP contribution in [0, 0.1) is 0 Å². The van der Waals surface area contributed by atoms with Crippen LogP contribution in [0.2, 0.25) is 0 Å². The molecule has 1 aromatic carbocycles. The average molecular weight is 327 g/mol. The quantitative estimate of drug-likeness (QED) is 0.905. The first-order valence-electron chi connectivity index (χ1n) is 8.39. The second kappa shape index (κ2) is 6.42. The third-order valence-corrected chi connectivity index (χ3v) is 5.50. The Bertz CT molecular complexity index is 719. The molecule has 2 N–H and O–H groups in total. The Morgan fingerprint density at radius 1 is 1.30 bits per heavy atom. The summed E-state index contributed by atoms with van der Waals surface area (Å²) in [6, 6.07) is 6.95. The minimum atomic E-state index is 0.0549. The number of benzene rings is 1. The molecular weight excluding hydrogens is 306 g/mol. The van der Waals surface area contributed by atoms with E-state index in [2.05, 4.69) is 33.8 Å². The number of rotatable bonds is 4. The van der Waals surface area contributed by atoms with Crippen LogP contribution in [0.4, 0.5) is 5.13 Å². The Balaban J connectivity index is 1.43. The summed E-state index contributed by atoms with van der Waals surface area (Å²) in [5.74, 6) is 0.0549. The molecule has 23 heavy (non-hydrogen) atoms. The number of carbonyl (C=O) groups excluding carboxylic acids is 1. The maximum absolute atomic E-state index is 12.1. The van der Waals surface area contributed by atoms with Gasteiger partial charge in [0.1, 0.15) is 0 Å². The number of hydrogen-bond donors (Lipinski definition) is 2. The van der Waals surface area contributed by atoms with E-state index in [0.29, 0.717) is 17.6 Å². The number of aryl methyl sites for hydroxylation is 2. The Morgan fingerprint density at radius 3 is 3.09 bits per heavy atom. The lowest BCUT2D eigenvalue weighted by Crippen LogP contribution is -2.27. The van der Waals surface area contributed by atoms with Crippen molar-refractivity contribution in [3.05, 3.63) is 34.7 Å². The van der Waals surface area contributed by atoms with E-state index in [9.17, 15) is 4.79 Å². The van der Waals surface area contributed by atoms with Crippen molar-refractivity contribution < 1.29 is 4.79 Å². The van der Waals surface area contributed by atoms with Gasteiger partial charge in [-0.2, -0.15) is 0 Å². The van der Waals surface area contributed by atoms with Crippen LogP contribution in [-0.4, -0.2) is 23.5 Å². The molecule has 1 fully saturated rings. The van der Waals surface area contributed by atoms with E-state index in [1.54, 1.807) is 0 Å². The molecule has 4 rings (SSSR count). The fourth-order valence-corrected chi connectivity index (χ4v) is 4.26. The number of nitrogens with one attached hydrogen (secondary N) is 2. The van der Waals surface area contributed by atoms with Crippen LogP contribution in [0.15, 0.2) is 23.6 Å². The summed E-state index contributed by atoms with van der Waals surface area (Å²) in [5, 5.41) is 9.02. The van der Waals surface area contributed by atoms with Gasteiger partial charge in [0.2, 0.25) is 5.91 Å². The normalized spacial score (nSPS) is 19.7. The first kappa shape index (κ1) is 14.8. The summed E-state index contributed by atoms with van der Waals surface area (Å²) >= 11 is 1.50. The van der Waals surface area contributed by atoms with Crippen molar-refractivity contribution in [2.75, 3.05) is 11.9 Å². The zero-order valence-electron chi connectivity index (χ0n) is 13.1. The summed E-state index contributed by atoms with van der Waals surface area (Å²) in [7, 11) is 0. The topological polar surface area (TPSA) is 54.0 Å². The minimum Gasteiger partial charge on any atom is -0.313 e. The molecule has 0 saturated carbocycles. The lowest BCUT2D eigenvalue weighted by atomic mass is 10.1. The predicted molar refractivity (Wildman–Crippen MR) is 93.8 cm³/mol. The molecule has 0 bridgehead atoms. The molecule has 1 amide bonds. The molecule has 1 saturated heterocycles. The smallest absolute Gasteiger partial charge is 0.227 e. The number of anilines is 1. The van der Waals surface area contributed by atoms with E-state index < -0.39 is 0 Å². The zero-order valence-corrected chi connectivity index (χ0v) is 13.9. The minimum absolute atomic E-state index is 0.0549. The van der Waals surface area contributed by atoms with Gasteiger partial charge in [-0.3, -0.25) is 4.79 Å². The molecule has 0 spiro atoms. The number of aromatic nitrogens is 1. The molecule has 2 aromatic rings. The number of fused-ring (bicyclic) bond motifs is 1. The summed E-state index contributed by atoms with van der Waals surface area (Å²) in [5.41, 5.74) is 5.04. The Morgan fingerprint density at radius 2 is 2.22 bits per heavy atom. The maximum atomic E-state index is 12.1. The molecule has 4 nitrogen and oxygen atoms in total. The van der Waals surface area contributed by atoms with Crippen LogP contribution in [0.5, 0.6) is 0 Å². The van der Waals surface area contributed by atoms with Crippen molar-refractivity contribution in [1.29, 1.82) is 0 Å². The first-order chi connectivity index (χ1) is 11.3. The van der Waals surface area contributed by atoms with E-state index in [0.717, 1.165) is 30.6 Å². The monoisotopic (exact) mass is 327 g/mol. The molecule has 1 unspecified atom stereocenters. The van der Waals surface area contributed by atoms with E-state index >= 15 is 0 Å². The number of amides is 1. The van der Waals surface area contributed by atoms with E-state index in [4.69, 9.17) is 0 Å². The lowest BCUT2D eigenvalue weighted by molar-refractivity contribution is -0.116. The fraction of sp³-hybridized carbons (Fsp3) is 0.444. The van der Waals surface area contributed by atoms with Crippen LogP contribution in [0.25, 0.3) is 11.3 Å². The van der Waals surface area contributed by atoms with Crippen LogP contribution < -0.4 is 10.6 Å². The van der Waals surface area contributed by atoms with Crippen molar-refractivity contribution in [3.8, 4) is 11.3 Å². The predicted octanol–water partition coefficient (Wildman–Crippen LogP) is 3.38. The van der Waals surface area contributed by atoms with Crippen molar-refractivity contribution >= 4 is 22.4 Å². The second-order valence-electron chi connectivity index (χ2n) is 6.42. The van der Waals surface area contributed by atoms with Gasteiger partial charge in [0.05, 0.1) is 5.69 Å². The van der Waals surface area contributed by atoms with Gasteiger partial charge < -0.3 is 10.6 Å². The van der Waals surface area contributed by atoms with Crippen molar-refractivity contribution in [1.82, 2.24) is 10.3 Å². The average Bonchev–Trinajstić information content (AvgIpc) is 3.27. The highest BCUT2D eigenvalue weighted by atomic mass is 32.1. The zero-order chi connectivity index (χ0) is 15.6. The molecule has 5 heteroatoms. The van der Waals surface area contributed by atoms with Crippen LogP contribution >= 0.6 is 11.3 Å². The number of nitrogens with zero attached hydrogens (tertiary/aromatic N) is 1. The molecule has 1 aliphatic carbocycles. The highest BCUT2D eigenvalue weighted by Crippen LogP contribution is 2.30. The summed E-state index contributed by atoms with van der Waals surface area (Å²) in [4.78, 5) is 16.7. The second-order valence-corrected chi connectivity index (χ2v) is 7.28. The molecule has 1 aromatic heterocycles. The molecule has 0 radical (unpaired) electrons. The molecule has 2 aliphatic rings. The number of hydrogen-bond acceptors (Lipinski definition) is 4. The first-order valence-corrected chi connectivity index (χ1v) is 9.27. The molecule has 2 heterocycles. The third kappa shape index (κ3) is 3.31. The third-order valence-electron chi connectivity index (χ3n) is 4.74. The van der Waals surface area contributed by atoms with E-state index in [1.165, 1.54) is 41.7 Å². The van der Waals surface area contributed by atoms with Gasteiger partial charge in [-0.25, -0.2) is 4.98 Å². The van der Waals surface area contributed by atoms with Crippen LogP contribution in [-0.2, 0) is 17.6 Å². The van der Waals surface area contributed by atoms with Gasteiger partial charge in [-0.05, 0) is 55.8 Å². The fourth-order valence-electron chi connectivity index (χ4n) is 3.52. The summed E-state index contributed by atoms with van der Waals surface area (Å²) in [6.45, 7) is 1.03. The van der Waals surface area contributed by atoms with Crippen LogP contribution in [0.3, 0.4) is 0 Å². The summed E-state index contributed by atoms with van der Waals surface area (Å²) < 4.78 is 0. The van der Waals surface area contributed by atoms with Crippen molar-refractivity contribution in [3.63, 3.8) is 0 Å². The molecular formula is C18H21N3OS. The molecule has 1 aliphatic heterocycles. The largest absolute Gasteiger partial charge is 0.313 e. The van der Waals surface area contributed by atoms with Gasteiger partial charge in [0.25, 0.3) is 0 Å². The van der Waals surface area contributed by atoms with Gasteiger partial charge in [0.15, 0.2) is 5.13 Å². The maximum Gasteiger partial charge on any atom is 0.227 e. The molecule has 1 atom stereocenters. The standard InChI is InChI=1S/C18H21N3OS/c22-17(10-15-5-2-8-19-15)21-18-20-16(11-23-18)14-7-6-12-3-1-4-13(12)9-14/h6-7,9,11,15,19H,1-5,8,10H2,(H,20,21,22). The highest BCUT2D eigenvalue weighted by Gasteiger charge is 2.18. The highest BCUT2D eigenvalue weighted by molar-refractivity contribution is 7.14. The Hall–Kier alpha value is -1.72. The van der Waals surface area contributed by atoms with Gasteiger partial charge in [-0.1, -0.05) is 12.1 Å². The van der Waals surface area contributed by atoms with Crippen molar-refractivity contribution in [2.45, 2.75) is 44.6 Å². The van der Waals surface area contributed by atoms with Gasteiger partial charge >= 0.3 is 0 Å². The number of thiazole rings is 1. The Kier molecular flexibility index (Phi) is 4.14. The lowest BCUT2D eigenvalue weighted by Gasteiger charge is -2.08. The van der Waals surface area contributed by atoms with Crippen molar-refractivity contribution in [2.24, 2.45) is 0 Å². The van der Waals surface area contributed by atoms with Gasteiger partial charge in [0, 0.05) is 23.4 Å². The van der Waals surface area contributed by atoms with E-state index in [1.807, 2.05) is 5.38 Å². The molecule has 120 valence electrons. The Labute approximate surface area is 140 Å². The SMILES string of the molecule is O=C(CC1CCCN1)Nc1nc(-c2ccc3c(c2)CCC3)cs1. The van der Waals surface area contributed by atoms with Gasteiger partial charge in [-0.15, -0.1) is 11.3 Å².